The van der Waals surface area contributed by atoms with Crippen LogP contribution in [0, 0.1) is 5.92 Å². The van der Waals surface area contributed by atoms with Crippen molar-refractivity contribution in [1.29, 1.82) is 0 Å². The van der Waals surface area contributed by atoms with Gasteiger partial charge in [0, 0.05) is 19.1 Å². The Morgan fingerprint density at radius 1 is 1.21 bits per heavy atom. The first-order valence-electron chi connectivity index (χ1n) is 7.60. The number of sulfonamides is 1. The topological polar surface area (TPSA) is 63.4 Å². The van der Waals surface area contributed by atoms with E-state index in [4.69, 9.17) is 5.73 Å². The van der Waals surface area contributed by atoms with Gasteiger partial charge < -0.3 is 5.73 Å². The van der Waals surface area contributed by atoms with Crippen LogP contribution in [0.2, 0.25) is 0 Å². The fourth-order valence-electron chi connectivity index (χ4n) is 3.91. The van der Waals surface area contributed by atoms with E-state index >= 15 is 0 Å². The first-order valence-corrected chi connectivity index (χ1v) is 9.10. The van der Waals surface area contributed by atoms with Crippen LogP contribution in [-0.4, -0.2) is 37.1 Å². The standard InChI is InChI=1S/C14H28N2O2S/c1-12-6-5-9-14(10-12,11-15)16(2)19(17,18)13-7-3-4-8-13/h12-13H,3-11,15H2,1-2H3. The lowest BCUT2D eigenvalue weighted by Gasteiger charge is -2.45. The van der Waals surface area contributed by atoms with Crippen LogP contribution in [-0.2, 0) is 10.0 Å². The molecule has 0 saturated heterocycles. The summed E-state index contributed by atoms with van der Waals surface area (Å²) in [6.07, 6.45) is 7.84. The van der Waals surface area contributed by atoms with Crippen molar-refractivity contribution in [3.8, 4) is 0 Å². The molecule has 2 aliphatic rings. The molecule has 0 spiro atoms. The Morgan fingerprint density at radius 2 is 1.84 bits per heavy atom. The number of nitrogens with two attached hydrogens (primary N) is 1. The molecule has 112 valence electrons. The monoisotopic (exact) mass is 288 g/mol. The Balaban J connectivity index is 2.22. The summed E-state index contributed by atoms with van der Waals surface area (Å²) < 4.78 is 27.2. The van der Waals surface area contributed by atoms with Crippen LogP contribution >= 0.6 is 0 Å². The second-order valence-electron chi connectivity index (χ2n) is 6.55. The predicted octanol–water partition coefficient (Wildman–Crippen LogP) is 2.10. The van der Waals surface area contributed by atoms with Gasteiger partial charge in [0.1, 0.15) is 0 Å². The molecule has 2 N–H and O–H groups in total. The van der Waals surface area contributed by atoms with Crippen molar-refractivity contribution in [3.05, 3.63) is 0 Å². The first kappa shape index (κ1) is 15.3. The molecule has 2 fully saturated rings. The highest BCUT2D eigenvalue weighted by Gasteiger charge is 2.45. The Labute approximate surface area is 117 Å². The lowest BCUT2D eigenvalue weighted by molar-refractivity contribution is 0.127. The van der Waals surface area contributed by atoms with Gasteiger partial charge in [-0.1, -0.05) is 32.6 Å². The molecule has 0 bridgehead atoms. The summed E-state index contributed by atoms with van der Waals surface area (Å²) in [5.74, 6) is 0.568. The molecule has 0 radical (unpaired) electrons. The summed E-state index contributed by atoms with van der Waals surface area (Å²) in [5, 5.41) is -0.168. The summed E-state index contributed by atoms with van der Waals surface area (Å²) in [7, 11) is -1.42. The smallest absolute Gasteiger partial charge is 0.217 e. The second kappa shape index (κ2) is 5.70. The molecule has 4 nitrogen and oxygen atoms in total. The summed E-state index contributed by atoms with van der Waals surface area (Å²) in [4.78, 5) is 0. The lowest BCUT2D eigenvalue weighted by Crippen LogP contribution is -2.58. The van der Waals surface area contributed by atoms with Crippen molar-refractivity contribution in [2.75, 3.05) is 13.6 Å². The largest absolute Gasteiger partial charge is 0.329 e. The van der Waals surface area contributed by atoms with E-state index in [-0.39, 0.29) is 10.8 Å². The molecule has 0 aromatic heterocycles. The minimum absolute atomic E-state index is 0.168. The van der Waals surface area contributed by atoms with Gasteiger partial charge in [-0.3, -0.25) is 0 Å². The summed E-state index contributed by atoms with van der Waals surface area (Å²) >= 11 is 0. The molecule has 2 unspecified atom stereocenters. The third-order valence-electron chi connectivity index (χ3n) is 5.22. The molecule has 0 aromatic carbocycles. The molecule has 0 heterocycles. The van der Waals surface area contributed by atoms with E-state index in [9.17, 15) is 8.42 Å². The van der Waals surface area contributed by atoms with E-state index in [1.165, 1.54) is 6.42 Å². The zero-order valence-corrected chi connectivity index (χ0v) is 13.1. The van der Waals surface area contributed by atoms with Crippen molar-refractivity contribution in [1.82, 2.24) is 4.31 Å². The minimum atomic E-state index is -3.18. The predicted molar refractivity (Wildman–Crippen MR) is 78.4 cm³/mol. The summed E-state index contributed by atoms with van der Waals surface area (Å²) in [5.41, 5.74) is 5.66. The maximum absolute atomic E-state index is 12.8. The zero-order chi connectivity index (χ0) is 14.1. The van der Waals surface area contributed by atoms with Crippen LogP contribution in [0.5, 0.6) is 0 Å². The van der Waals surface area contributed by atoms with Crippen LogP contribution in [0.25, 0.3) is 0 Å². The van der Waals surface area contributed by atoms with E-state index in [1.54, 1.807) is 11.4 Å². The number of hydrogen-bond acceptors (Lipinski definition) is 3. The van der Waals surface area contributed by atoms with Gasteiger partial charge in [0.25, 0.3) is 0 Å². The summed E-state index contributed by atoms with van der Waals surface area (Å²) in [6, 6.07) is 0. The van der Waals surface area contributed by atoms with E-state index < -0.39 is 10.0 Å². The quantitative estimate of drug-likeness (QED) is 0.861. The Kier molecular flexibility index (Phi) is 4.58. The maximum Gasteiger partial charge on any atom is 0.217 e. The fraction of sp³-hybridized carbons (Fsp3) is 1.00. The van der Waals surface area contributed by atoms with Crippen molar-refractivity contribution in [2.45, 2.75) is 69.1 Å². The van der Waals surface area contributed by atoms with Gasteiger partial charge in [0.05, 0.1) is 5.25 Å². The molecule has 2 aliphatic carbocycles. The number of likely N-dealkylation sites (N-methyl/N-ethyl adjacent to an activating group) is 1. The molecule has 0 aliphatic heterocycles. The highest BCUT2D eigenvalue weighted by molar-refractivity contribution is 7.89. The molecule has 2 atom stereocenters. The first-order chi connectivity index (χ1) is 8.92. The van der Waals surface area contributed by atoms with Gasteiger partial charge in [0.2, 0.25) is 10.0 Å². The molecular weight excluding hydrogens is 260 g/mol. The highest BCUT2D eigenvalue weighted by atomic mass is 32.2. The molecule has 0 amide bonds. The van der Waals surface area contributed by atoms with Gasteiger partial charge in [-0.25, -0.2) is 8.42 Å². The van der Waals surface area contributed by atoms with Crippen molar-refractivity contribution in [3.63, 3.8) is 0 Å². The molecule has 2 rings (SSSR count). The third kappa shape index (κ3) is 2.83. The minimum Gasteiger partial charge on any atom is -0.329 e. The SMILES string of the molecule is CC1CCCC(CN)(N(C)S(=O)(=O)C2CCCC2)C1. The summed E-state index contributed by atoms with van der Waals surface area (Å²) in [6.45, 7) is 2.65. The highest BCUT2D eigenvalue weighted by Crippen LogP contribution is 2.39. The van der Waals surface area contributed by atoms with Gasteiger partial charge >= 0.3 is 0 Å². The average Bonchev–Trinajstić information content (AvgIpc) is 2.92. The van der Waals surface area contributed by atoms with E-state index in [0.717, 1.165) is 44.9 Å². The fourth-order valence-corrected chi connectivity index (χ4v) is 6.07. The van der Waals surface area contributed by atoms with Crippen LogP contribution in [0.15, 0.2) is 0 Å². The van der Waals surface area contributed by atoms with Crippen molar-refractivity contribution >= 4 is 10.0 Å². The Hall–Kier alpha value is -0.130. The van der Waals surface area contributed by atoms with Crippen molar-refractivity contribution in [2.24, 2.45) is 11.7 Å². The van der Waals surface area contributed by atoms with E-state index in [2.05, 4.69) is 6.92 Å². The van der Waals surface area contributed by atoms with Crippen LogP contribution in [0.3, 0.4) is 0 Å². The van der Waals surface area contributed by atoms with Crippen LogP contribution in [0.1, 0.15) is 58.3 Å². The van der Waals surface area contributed by atoms with Gasteiger partial charge in [0.15, 0.2) is 0 Å². The Morgan fingerprint density at radius 3 is 2.37 bits per heavy atom. The molecular formula is C14H28N2O2S. The van der Waals surface area contributed by atoms with E-state index in [0.29, 0.717) is 12.5 Å². The van der Waals surface area contributed by atoms with Gasteiger partial charge in [-0.05, 0) is 31.6 Å². The number of hydrogen-bond donors (Lipinski definition) is 1. The number of nitrogens with zero attached hydrogens (tertiary/aromatic N) is 1. The second-order valence-corrected chi connectivity index (χ2v) is 8.79. The van der Waals surface area contributed by atoms with Gasteiger partial charge in [-0.2, -0.15) is 4.31 Å². The molecule has 0 aromatic rings. The molecule has 19 heavy (non-hydrogen) atoms. The maximum atomic E-state index is 12.8. The van der Waals surface area contributed by atoms with E-state index in [1.807, 2.05) is 0 Å². The lowest BCUT2D eigenvalue weighted by atomic mass is 9.76. The molecule has 5 heteroatoms. The van der Waals surface area contributed by atoms with Crippen LogP contribution < -0.4 is 5.73 Å². The Bertz CT molecular complexity index is 404. The van der Waals surface area contributed by atoms with Crippen molar-refractivity contribution < 1.29 is 8.42 Å². The number of rotatable bonds is 4. The van der Waals surface area contributed by atoms with Gasteiger partial charge in [-0.15, -0.1) is 0 Å². The molecule has 2 saturated carbocycles. The normalized spacial score (nSPS) is 34.0. The van der Waals surface area contributed by atoms with Crippen LogP contribution in [0.4, 0.5) is 0 Å². The third-order valence-corrected chi connectivity index (χ3v) is 7.69. The zero-order valence-electron chi connectivity index (χ0n) is 12.3. The average molecular weight is 288 g/mol.